The summed E-state index contributed by atoms with van der Waals surface area (Å²) in [7, 11) is 0. The molecule has 2 heterocycles. The Hall–Kier alpha value is -3.77. The molecular formula is C29H28N4OS. The summed E-state index contributed by atoms with van der Waals surface area (Å²) < 4.78 is 5.86. The van der Waals surface area contributed by atoms with Crippen molar-refractivity contribution in [2.75, 3.05) is 0 Å². The summed E-state index contributed by atoms with van der Waals surface area (Å²) in [5, 5.41) is 8.52. The second-order valence-corrected chi connectivity index (χ2v) is 9.54. The normalized spacial score (nSPS) is 15.9. The van der Waals surface area contributed by atoms with Crippen molar-refractivity contribution in [1.82, 2.24) is 20.4 Å². The monoisotopic (exact) mass is 480 g/mol. The van der Waals surface area contributed by atoms with Gasteiger partial charge in [0.15, 0.2) is 5.11 Å². The van der Waals surface area contributed by atoms with E-state index in [2.05, 4.69) is 104 Å². The molecule has 5 nitrogen and oxygen atoms in total. The highest BCUT2D eigenvalue weighted by atomic mass is 32.1. The summed E-state index contributed by atoms with van der Waals surface area (Å²) in [6, 6.07) is 24.9. The van der Waals surface area contributed by atoms with E-state index in [0.29, 0.717) is 23.4 Å². The highest BCUT2D eigenvalue weighted by molar-refractivity contribution is 7.80. The fraction of sp³-hybridized carbons (Fsp3) is 0.207. The van der Waals surface area contributed by atoms with Gasteiger partial charge in [-0.05, 0) is 51.0 Å². The van der Waals surface area contributed by atoms with Gasteiger partial charge in [-0.25, -0.2) is 0 Å². The molecule has 4 aromatic rings. The van der Waals surface area contributed by atoms with Crippen LogP contribution in [-0.2, 0) is 6.54 Å². The predicted octanol–water partition coefficient (Wildman–Crippen LogP) is 6.52. The Morgan fingerprint density at radius 3 is 2.03 bits per heavy atom. The maximum absolute atomic E-state index is 5.86. The van der Waals surface area contributed by atoms with Gasteiger partial charge in [0.1, 0.15) is 0 Å². The molecule has 0 fully saturated rings. The molecule has 0 amide bonds. The molecule has 1 atom stereocenters. The van der Waals surface area contributed by atoms with Crippen LogP contribution in [0.5, 0.6) is 0 Å². The van der Waals surface area contributed by atoms with Gasteiger partial charge in [-0.1, -0.05) is 94.6 Å². The third-order valence-electron chi connectivity index (χ3n) is 6.43. The minimum absolute atomic E-state index is 0.191. The number of aromatic nitrogens is 2. The number of thiocarbonyl (C=S) groups is 1. The van der Waals surface area contributed by atoms with Crippen molar-refractivity contribution in [2.45, 2.75) is 40.3 Å². The average Bonchev–Trinajstić information content (AvgIpc) is 3.33. The van der Waals surface area contributed by atoms with Crippen molar-refractivity contribution in [3.8, 4) is 11.4 Å². The molecule has 3 aromatic carbocycles. The predicted molar refractivity (Wildman–Crippen MR) is 143 cm³/mol. The van der Waals surface area contributed by atoms with Gasteiger partial charge < -0.3 is 14.7 Å². The third kappa shape index (κ3) is 4.75. The Morgan fingerprint density at radius 2 is 1.40 bits per heavy atom. The van der Waals surface area contributed by atoms with E-state index in [1.165, 1.54) is 22.3 Å². The van der Waals surface area contributed by atoms with E-state index in [1.54, 1.807) is 0 Å². The molecule has 6 heteroatoms. The molecule has 5 rings (SSSR count). The van der Waals surface area contributed by atoms with Crippen molar-refractivity contribution in [1.29, 1.82) is 0 Å². The van der Waals surface area contributed by atoms with Crippen LogP contribution in [0.4, 0.5) is 0 Å². The van der Waals surface area contributed by atoms with Crippen LogP contribution in [0.2, 0.25) is 0 Å². The largest absolute Gasteiger partial charge is 0.351 e. The quantitative estimate of drug-likeness (QED) is 0.328. The van der Waals surface area contributed by atoms with Gasteiger partial charge in [0.05, 0.1) is 11.6 Å². The van der Waals surface area contributed by atoms with Crippen molar-refractivity contribution in [3.05, 3.63) is 112 Å². The van der Waals surface area contributed by atoms with Crippen LogP contribution in [0, 0.1) is 20.8 Å². The lowest BCUT2D eigenvalue weighted by molar-refractivity contribution is 0.396. The highest BCUT2D eigenvalue weighted by Gasteiger charge is 2.34. The second-order valence-electron chi connectivity index (χ2n) is 9.15. The Labute approximate surface area is 211 Å². The summed E-state index contributed by atoms with van der Waals surface area (Å²) in [4.78, 5) is 6.92. The molecule has 0 aliphatic carbocycles. The zero-order chi connectivity index (χ0) is 24.5. The molecular weight excluding hydrogens is 452 g/mol. The Bertz CT molecular complexity index is 1390. The number of allylic oxidation sites excluding steroid dienone is 1. The van der Waals surface area contributed by atoms with Gasteiger partial charge >= 0.3 is 0 Å². The number of benzene rings is 3. The van der Waals surface area contributed by atoms with Crippen LogP contribution in [0.15, 0.2) is 83.0 Å². The minimum atomic E-state index is -0.191. The van der Waals surface area contributed by atoms with Gasteiger partial charge in [0, 0.05) is 17.8 Å². The summed E-state index contributed by atoms with van der Waals surface area (Å²) in [5.74, 6) is 1.06. The number of nitrogens with one attached hydrogen (secondary N) is 1. The molecule has 1 N–H and O–H groups in total. The maximum atomic E-state index is 5.86. The molecule has 0 saturated carbocycles. The molecule has 0 bridgehead atoms. The van der Waals surface area contributed by atoms with Crippen molar-refractivity contribution in [2.24, 2.45) is 0 Å². The van der Waals surface area contributed by atoms with Gasteiger partial charge in [-0.3, -0.25) is 0 Å². The van der Waals surface area contributed by atoms with E-state index < -0.39 is 0 Å². The lowest BCUT2D eigenvalue weighted by atomic mass is 9.94. The van der Waals surface area contributed by atoms with Crippen LogP contribution in [0.25, 0.3) is 17.0 Å². The van der Waals surface area contributed by atoms with Gasteiger partial charge in [-0.15, -0.1) is 0 Å². The molecule has 1 aromatic heterocycles. The zero-order valence-corrected chi connectivity index (χ0v) is 21.2. The lowest BCUT2D eigenvalue weighted by Crippen LogP contribution is -2.45. The standard InChI is InChI=1S/C29H28N4OS/c1-18-5-11-22(12-6-18)17-33-21(4)25(26(30-29(33)35)23-13-7-19(2)8-14-23)28-31-27(32-34-28)24-15-9-20(3)10-16-24/h5-16,26H,17H2,1-4H3,(H,30,35). The number of aryl methyl sites for hydroxylation is 3. The molecule has 0 spiro atoms. The molecule has 1 unspecified atom stereocenters. The summed E-state index contributed by atoms with van der Waals surface area (Å²) in [6.07, 6.45) is 0. The maximum Gasteiger partial charge on any atom is 0.258 e. The summed E-state index contributed by atoms with van der Waals surface area (Å²) in [5.41, 5.74) is 8.75. The molecule has 176 valence electrons. The summed E-state index contributed by atoms with van der Waals surface area (Å²) in [6.45, 7) is 8.97. The fourth-order valence-corrected chi connectivity index (χ4v) is 4.61. The van der Waals surface area contributed by atoms with Crippen molar-refractivity contribution < 1.29 is 4.52 Å². The van der Waals surface area contributed by atoms with Crippen molar-refractivity contribution in [3.63, 3.8) is 0 Å². The van der Waals surface area contributed by atoms with Crippen LogP contribution < -0.4 is 5.32 Å². The van der Waals surface area contributed by atoms with E-state index in [9.17, 15) is 0 Å². The lowest BCUT2D eigenvalue weighted by Gasteiger charge is -2.37. The molecule has 0 radical (unpaired) electrons. The third-order valence-corrected chi connectivity index (χ3v) is 6.77. The Kier molecular flexibility index (Phi) is 6.22. The molecule has 1 aliphatic heterocycles. The smallest absolute Gasteiger partial charge is 0.258 e. The molecule has 0 saturated heterocycles. The van der Waals surface area contributed by atoms with E-state index in [0.717, 1.165) is 22.4 Å². The number of rotatable bonds is 5. The molecule has 35 heavy (non-hydrogen) atoms. The Balaban J connectivity index is 1.58. The number of nitrogens with zero attached hydrogens (tertiary/aromatic N) is 3. The van der Waals surface area contributed by atoms with Crippen LogP contribution in [-0.4, -0.2) is 20.2 Å². The van der Waals surface area contributed by atoms with Gasteiger partial charge in [0.2, 0.25) is 5.82 Å². The van der Waals surface area contributed by atoms with Gasteiger partial charge in [0.25, 0.3) is 5.89 Å². The van der Waals surface area contributed by atoms with Crippen LogP contribution >= 0.6 is 12.2 Å². The SMILES string of the molecule is CC1=C(c2nc(-c3ccc(C)cc3)no2)C(c2ccc(C)cc2)NC(=S)N1Cc1ccc(C)cc1. The first kappa shape index (κ1) is 23.0. The van der Waals surface area contributed by atoms with Crippen LogP contribution in [0.3, 0.4) is 0 Å². The van der Waals surface area contributed by atoms with E-state index in [1.807, 2.05) is 12.1 Å². The highest BCUT2D eigenvalue weighted by Crippen LogP contribution is 2.38. The zero-order valence-electron chi connectivity index (χ0n) is 20.4. The van der Waals surface area contributed by atoms with Crippen LogP contribution in [0.1, 0.15) is 46.7 Å². The molecule has 1 aliphatic rings. The first-order valence-electron chi connectivity index (χ1n) is 11.7. The topological polar surface area (TPSA) is 54.2 Å². The minimum Gasteiger partial charge on any atom is -0.351 e. The summed E-state index contributed by atoms with van der Waals surface area (Å²) >= 11 is 5.84. The number of hydrogen-bond donors (Lipinski definition) is 1. The fourth-order valence-electron chi connectivity index (χ4n) is 4.29. The van der Waals surface area contributed by atoms with E-state index >= 15 is 0 Å². The van der Waals surface area contributed by atoms with E-state index in [4.69, 9.17) is 21.7 Å². The van der Waals surface area contributed by atoms with E-state index in [-0.39, 0.29) is 6.04 Å². The first-order valence-corrected chi connectivity index (χ1v) is 12.1. The first-order chi connectivity index (χ1) is 16.9. The Morgan fingerprint density at radius 1 is 0.829 bits per heavy atom. The van der Waals surface area contributed by atoms with Crippen molar-refractivity contribution >= 4 is 22.9 Å². The van der Waals surface area contributed by atoms with Gasteiger partial charge in [-0.2, -0.15) is 4.98 Å². The second kappa shape index (κ2) is 9.47. The number of hydrogen-bond acceptors (Lipinski definition) is 4. The average molecular weight is 481 g/mol.